The van der Waals surface area contributed by atoms with Crippen LogP contribution >= 0.6 is 15.9 Å². The summed E-state index contributed by atoms with van der Waals surface area (Å²) in [6, 6.07) is 24.2. The molecule has 0 aliphatic rings. The molecule has 0 fully saturated rings. The second-order valence-corrected chi connectivity index (χ2v) is 9.36. The summed E-state index contributed by atoms with van der Waals surface area (Å²) in [4.78, 5) is 9.56. The summed E-state index contributed by atoms with van der Waals surface area (Å²) < 4.78 is 2.29. The molecule has 3 heterocycles. The van der Waals surface area contributed by atoms with E-state index in [0.717, 1.165) is 33.5 Å². The van der Waals surface area contributed by atoms with E-state index in [0.29, 0.717) is 21.6 Å². The summed E-state index contributed by atoms with van der Waals surface area (Å²) in [7, 11) is 0. The Kier molecular flexibility index (Phi) is 5.39. The first kappa shape index (κ1) is 21.8. The highest BCUT2D eigenvalue weighted by Gasteiger charge is 2.21. The number of nitriles is 1. The lowest BCUT2D eigenvalue weighted by atomic mass is 9.86. The number of nitrogens with two attached hydrogens (primary N) is 1. The molecule has 5 aromatic rings. The molecule has 7 heteroatoms. The zero-order valence-electron chi connectivity index (χ0n) is 18.7. The second-order valence-electron chi connectivity index (χ2n) is 8.57. The van der Waals surface area contributed by atoms with Gasteiger partial charge >= 0.3 is 0 Å². The molecule has 5 rings (SSSR count). The molecule has 0 radical (unpaired) electrons. The van der Waals surface area contributed by atoms with Gasteiger partial charge in [-0.15, -0.1) is 0 Å². The number of nitrogens with zero attached hydrogens (tertiary/aromatic N) is 5. The van der Waals surface area contributed by atoms with Crippen molar-refractivity contribution in [1.82, 2.24) is 19.6 Å². The standard InChI is InChI=1S/C27H21BrN6/c1-27(2,16-29)20-11-8-18(9-12-20)24-23(28)25(30)34-26(33-24)21(15-32-34)19-10-13-22(31-14-19)17-6-4-3-5-7-17/h3-15H,30H2,1-2H3. The number of aromatic nitrogens is 4. The van der Waals surface area contributed by atoms with Crippen LogP contribution in [0.15, 0.2) is 83.6 Å². The number of hydrogen-bond acceptors (Lipinski definition) is 5. The van der Waals surface area contributed by atoms with Crippen molar-refractivity contribution < 1.29 is 0 Å². The number of hydrogen-bond donors (Lipinski definition) is 1. The lowest BCUT2D eigenvalue weighted by Gasteiger charge is -2.16. The Morgan fingerprint density at radius 1 is 0.912 bits per heavy atom. The van der Waals surface area contributed by atoms with Gasteiger partial charge in [-0.3, -0.25) is 4.98 Å². The van der Waals surface area contributed by atoms with E-state index in [-0.39, 0.29) is 0 Å². The quantitative estimate of drug-likeness (QED) is 0.308. The Balaban J connectivity index is 1.58. The summed E-state index contributed by atoms with van der Waals surface area (Å²) in [6.07, 6.45) is 3.59. The minimum atomic E-state index is -0.566. The Morgan fingerprint density at radius 2 is 1.62 bits per heavy atom. The Hall–Kier alpha value is -4.02. The molecule has 166 valence electrons. The number of benzene rings is 2. The van der Waals surface area contributed by atoms with E-state index in [1.807, 2.05) is 86.8 Å². The fourth-order valence-corrected chi connectivity index (χ4v) is 4.32. The van der Waals surface area contributed by atoms with E-state index in [9.17, 15) is 5.26 Å². The smallest absolute Gasteiger partial charge is 0.165 e. The molecule has 0 saturated carbocycles. The van der Waals surface area contributed by atoms with Crippen molar-refractivity contribution in [2.24, 2.45) is 0 Å². The molecule has 0 unspecified atom stereocenters. The zero-order valence-corrected chi connectivity index (χ0v) is 20.3. The predicted molar refractivity (Wildman–Crippen MR) is 138 cm³/mol. The van der Waals surface area contributed by atoms with Gasteiger partial charge in [-0.05, 0) is 41.4 Å². The molecular formula is C27H21BrN6. The van der Waals surface area contributed by atoms with Gasteiger partial charge in [0.2, 0.25) is 0 Å². The number of halogens is 1. The molecular weight excluding hydrogens is 488 g/mol. The van der Waals surface area contributed by atoms with Crippen molar-refractivity contribution in [3.8, 4) is 39.7 Å². The molecule has 6 nitrogen and oxygen atoms in total. The van der Waals surface area contributed by atoms with Gasteiger partial charge in [-0.25, -0.2) is 4.98 Å². The van der Waals surface area contributed by atoms with Crippen molar-refractivity contribution in [2.45, 2.75) is 19.3 Å². The van der Waals surface area contributed by atoms with Gasteiger partial charge in [0.15, 0.2) is 5.65 Å². The lowest BCUT2D eigenvalue weighted by Crippen LogP contribution is -2.13. The fourth-order valence-electron chi connectivity index (χ4n) is 3.83. The molecule has 0 aliphatic heterocycles. The molecule has 34 heavy (non-hydrogen) atoms. The first-order chi connectivity index (χ1) is 16.4. The minimum Gasteiger partial charge on any atom is -0.383 e. The number of anilines is 1. The molecule has 0 amide bonds. The Morgan fingerprint density at radius 3 is 2.26 bits per heavy atom. The van der Waals surface area contributed by atoms with E-state index in [1.54, 1.807) is 10.7 Å². The number of rotatable bonds is 4. The highest BCUT2D eigenvalue weighted by Crippen LogP contribution is 2.35. The molecule has 0 bridgehead atoms. The third kappa shape index (κ3) is 3.72. The van der Waals surface area contributed by atoms with Gasteiger partial charge in [-0.2, -0.15) is 14.9 Å². The van der Waals surface area contributed by atoms with Crippen LogP contribution in [-0.2, 0) is 5.41 Å². The van der Waals surface area contributed by atoms with Gasteiger partial charge < -0.3 is 5.73 Å². The molecule has 0 atom stereocenters. The summed E-state index contributed by atoms with van der Waals surface area (Å²) in [5.74, 6) is 0.460. The molecule has 0 aliphatic carbocycles. The van der Waals surface area contributed by atoms with E-state index < -0.39 is 5.41 Å². The van der Waals surface area contributed by atoms with Gasteiger partial charge in [0, 0.05) is 28.5 Å². The van der Waals surface area contributed by atoms with Crippen molar-refractivity contribution >= 4 is 27.4 Å². The summed E-state index contributed by atoms with van der Waals surface area (Å²) in [5.41, 5.74) is 12.8. The number of nitrogen functional groups attached to an aromatic ring is 1. The second kappa shape index (κ2) is 8.40. The van der Waals surface area contributed by atoms with Gasteiger partial charge in [0.25, 0.3) is 0 Å². The average Bonchev–Trinajstić information content (AvgIpc) is 3.31. The average molecular weight is 509 g/mol. The third-order valence-corrected chi connectivity index (χ3v) is 6.71. The van der Waals surface area contributed by atoms with E-state index in [1.165, 1.54) is 0 Å². The molecule has 2 aromatic carbocycles. The maximum absolute atomic E-state index is 9.43. The van der Waals surface area contributed by atoms with Crippen LogP contribution < -0.4 is 5.73 Å². The number of fused-ring (bicyclic) bond motifs is 1. The summed E-state index contributed by atoms with van der Waals surface area (Å²) in [6.45, 7) is 3.80. The Labute approximate surface area is 205 Å². The normalized spacial score (nSPS) is 11.5. The molecule has 0 spiro atoms. The topological polar surface area (TPSA) is 92.9 Å². The SMILES string of the molecule is CC(C)(C#N)c1ccc(-c2nc3c(-c4ccc(-c5ccccc5)nc4)cnn3c(N)c2Br)cc1. The van der Waals surface area contributed by atoms with Crippen LogP contribution in [0.1, 0.15) is 19.4 Å². The van der Waals surface area contributed by atoms with Crippen molar-refractivity contribution in [1.29, 1.82) is 5.26 Å². The van der Waals surface area contributed by atoms with Crippen LogP contribution in [0, 0.1) is 11.3 Å². The van der Waals surface area contributed by atoms with Gasteiger partial charge in [0.1, 0.15) is 5.82 Å². The minimum absolute atomic E-state index is 0.460. The molecule has 2 N–H and O–H groups in total. The summed E-state index contributed by atoms with van der Waals surface area (Å²) in [5, 5.41) is 13.9. The van der Waals surface area contributed by atoms with E-state index in [4.69, 9.17) is 10.7 Å². The maximum atomic E-state index is 9.43. The van der Waals surface area contributed by atoms with Gasteiger partial charge in [0.05, 0.1) is 33.5 Å². The third-order valence-electron chi connectivity index (χ3n) is 5.93. The predicted octanol–water partition coefficient (Wildman–Crippen LogP) is 6.27. The molecule has 3 aromatic heterocycles. The fraction of sp³-hybridized carbons (Fsp3) is 0.111. The zero-order chi connectivity index (χ0) is 23.9. The van der Waals surface area contributed by atoms with Crippen LogP contribution in [0.5, 0.6) is 0 Å². The maximum Gasteiger partial charge on any atom is 0.165 e. The molecule has 0 saturated heterocycles. The van der Waals surface area contributed by atoms with E-state index in [2.05, 4.69) is 32.1 Å². The first-order valence-electron chi connectivity index (χ1n) is 10.8. The van der Waals surface area contributed by atoms with Crippen LogP contribution in [-0.4, -0.2) is 19.6 Å². The number of pyridine rings is 1. The van der Waals surface area contributed by atoms with Gasteiger partial charge in [-0.1, -0.05) is 60.7 Å². The largest absolute Gasteiger partial charge is 0.383 e. The van der Waals surface area contributed by atoms with Crippen molar-refractivity contribution in [3.05, 3.63) is 89.2 Å². The highest BCUT2D eigenvalue weighted by atomic mass is 79.9. The highest BCUT2D eigenvalue weighted by molar-refractivity contribution is 9.10. The lowest BCUT2D eigenvalue weighted by molar-refractivity contribution is 0.687. The van der Waals surface area contributed by atoms with Crippen molar-refractivity contribution in [2.75, 3.05) is 5.73 Å². The van der Waals surface area contributed by atoms with Crippen LogP contribution in [0.4, 0.5) is 5.82 Å². The van der Waals surface area contributed by atoms with Crippen LogP contribution in [0.25, 0.3) is 39.3 Å². The monoisotopic (exact) mass is 508 g/mol. The van der Waals surface area contributed by atoms with Crippen LogP contribution in [0.3, 0.4) is 0 Å². The van der Waals surface area contributed by atoms with Crippen LogP contribution in [0.2, 0.25) is 0 Å². The Bertz CT molecular complexity index is 1530. The van der Waals surface area contributed by atoms with Crippen molar-refractivity contribution in [3.63, 3.8) is 0 Å². The van der Waals surface area contributed by atoms with E-state index >= 15 is 0 Å². The summed E-state index contributed by atoms with van der Waals surface area (Å²) >= 11 is 3.60. The first-order valence-corrected chi connectivity index (χ1v) is 11.5.